The highest BCUT2D eigenvalue weighted by Crippen LogP contribution is 2.30. The number of carboxylic acids is 1. The monoisotopic (exact) mass is 284 g/mol. The van der Waals surface area contributed by atoms with Crippen LogP contribution in [-0.2, 0) is 4.79 Å². The molecule has 6 nitrogen and oxygen atoms in total. The molecule has 2 amide bonds. The minimum absolute atomic E-state index is 0.101. The summed E-state index contributed by atoms with van der Waals surface area (Å²) >= 11 is 0. The van der Waals surface area contributed by atoms with Crippen molar-refractivity contribution in [3.05, 3.63) is 0 Å². The van der Waals surface area contributed by atoms with Crippen LogP contribution in [0.15, 0.2) is 0 Å². The van der Waals surface area contributed by atoms with Gasteiger partial charge in [-0.2, -0.15) is 0 Å². The van der Waals surface area contributed by atoms with Gasteiger partial charge in [-0.25, -0.2) is 4.79 Å². The molecule has 3 N–H and O–H groups in total. The first-order valence-electron chi connectivity index (χ1n) is 7.37. The number of piperidine rings is 1. The molecule has 0 radical (unpaired) electrons. The van der Waals surface area contributed by atoms with Gasteiger partial charge in [0.2, 0.25) is 0 Å². The van der Waals surface area contributed by atoms with E-state index in [0.717, 1.165) is 32.1 Å². The summed E-state index contributed by atoms with van der Waals surface area (Å²) in [7, 11) is 0. The molecular formula is C14H24N2O4. The summed E-state index contributed by atoms with van der Waals surface area (Å²) in [6.07, 6.45) is 4.11. The lowest BCUT2D eigenvalue weighted by molar-refractivity contribution is -0.150. The molecular weight excluding hydrogens is 260 g/mol. The number of aliphatic carboxylic acids is 1. The fourth-order valence-corrected chi connectivity index (χ4v) is 3.07. The highest BCUT2D eigenvalue weighted by atomic mass is 16.4. The van der Waals surface area contributed by atoms with Crippen molar-refractivity contribution in [2.45, 2.75) is 57.6 Å². The van der Waals surface area contributed by atoms with Crippen LogP contribution in [0.3, 0.4) is 0 Å². The molecule has 0 aromatic heterocycles. The first-order valence-corrected chi connectivity index (χ1v) is 7.37. The number of nitrogens with one attached hydrogen (secondary N) is 1. The second-order valence-corrected chi connectivity index (χ2v) is 6.35. The van der Waals surface area contributed by atoms with Gasteiger partial charge in [0.25, 0.3) is 0 Å². The van der Waals surface area contributed by atoms with E-state index in [1.165, 1.54) is 0 Å². The van der Waals surface area contributed by atoms with Crippen molar-refractivity contribution in [2.75, 3.05) is 13.1 Å². The van der Waals surface area contributed by atoms with Gasteiger partial charge in [0.1, 0.15) is 0 Å². The van der Waals surface area contributed by atoms with E-state index in [2.05, 4.69) is 5.32 Å². The zero-order valence-corrected chi connectivity index (χ0v) is 12.0. The molecule has 1 saturated heterocycles. The molecule has 20 heavy (non-hydrogen) atoms. The molecule has 1 aliphatic heterocycles. The Balaban J connectivity index is 1.87. The number of hydrogen-bond acceptors (Lipinski definition) is 3. The molecule has 2 aliphatic rings. The van der Waals surface area contributed by atoms with Crippen molar-refractivity contribution in [1.82, 2.24) is 10.2 Å². The smallest absolute Gasteiger partial charge is 0.317 e. The number of aliphatic hydroxyl groups is 1. The minimum Gasteiger partial charge on any atom is -0.481 e. The van der Waals surface area contributed by atoms with Gasteiger partial charge in [-0.05, 0) is 45.4 Å². The van der Waals surface area contributed by atoms with E-state index in [4.69, 9.17) is 0 Å². The third-order valence-corrected chi connectivity index (χ3v) is 4.52. The Bertz CT molecular complexity index is 379. The summed E-state index contributed by atoms with van der Waals surface area (Å²) < 4.78 is 0. The summed E-state index contributed by atoms with van der Waals surface area (Å²) in [5, 5.41) is 21.7. The van der Waals surface area contributed by atoms with Crippen LogP contribution < -0.4 is 5.32 Å². The number of aliphatic hydroxyl groups excluding tert-OH is 1. The molecule has 1 heterocycles. The Hall–Kier alpha value is -1.30. The van der Waals surface area contributed by atoms with Crippen LogP contribution in [0, 0.1) is 5.41 Å². The SMILES string of the molecule is CC1(C(=O)O)CCCN(C(=O)NC2CCC(O)CC2)C1. The van der Waals surface area contributed by atoms with Crippen LogP contribution in [0.25, 0.3) is 0 Å². The lowest BCUT2D eigenvalue weighted by Gasteiger charge is -2.38. The van der Waals surface area contributed by atoms with E-state index in [-0.39, 0.29) is 24.7 Å². The van der Waals surface area contributed by atoms with E-state index in [9.17, 15) is 19.8 Å². The summed E-state index contributed by atoms with van der Waals surface area (Å²) in [5.41, 5.74) is -0.835. The van der Waals surface area contributed by atoms with Crippen LogP contribution in [-0.4, -0.2) is 52.3 Å². The van der Waals surface area contributed by atoms with E-state index in [0.29, 0.717) is 13.0 Å². The van der Waals surface area contributed by atoms with Crippen LogP contribution >= 0.6 is 0 Å². The Morgan fingerprint density at radius 1 is 1.25 bits per heavy atom. The third-order valence-electron chi connectivity index (χ3n) is 4.52. The van der Waals surface area contributed by atoms with Crippen LogP contribution in [0.2, 0.25) is 0 Å². The van der Waals surface area contributed by atoms with E-state index in [1.807, 2.05) is 0 Å². The van der Waals surface area contributed by atoms with Gasteiger partial charge >= 0.3 is 12.0 Å². The van der Waals surface area contributed by atoms with Gasteiger partial charge in [0.15, 0.2) is 0 Å². The van der Waals surface area contributed by atoms with Gasteiger partial charge in [-0.1, -0.05) is 0 Å². The highest BCUT2D eigenvalue weighted by molar-refractivity contribution is 5.78. The van der Waals surface area contributed by atoms with Crippen molar-refractivity contribution in [1.29, 1.82) is 0 Å². The summed E-state index contributed by atoms with van der Waals surface area (Å²) in [5.74, 6) is -0.837. The molecule has 0 aromatic rings. The number of carbonyl (C=O) groups excluding carboxylic acids is 1. The molecule has 0 aromatic carbocycles. The quantitative estimate of drug-likeness (QED) is 0.710. The number of rotatable bonds is 2. The van der Waals surface area contributed by atoms with E-state index in [1.54, 1.807) is 11.8 Å². The average molecular weight is 284 g/mol. The average Bonchev–Trinajstić information content (AvgIpc) is 2.41. The molecule has 1 unspecified atom stereocenters. The zero-order valence-electron chi connectivity index (χ0n) is 12.0. The standard InChI is InChI=1S/C14H24N2O4/c1-14(12(18)19)7-2-8-16(9-14)13(20)15-10-3-5-11(17)6-4-10/h10-11,17H,2-9H2,1H3,(H,15,20)(H,18,19). The lowest BCUT2D eigenvalue weighted by Crippen LogP contribution is -2.53. The molecule has 1 atom stereocenters. The predicted molar refractivity (Wildman–Crippen MR) is 73.3 cm³/mol. The topological polar surface area (TPSA) is 89.9 Å². The van der Waals surface area contributed by atoms with Crippen LogP contribution in [0.4, 0.5) is 4.79 Å². The van der Waals surface area contributed by atoms with E-state index >= 15 is 0 Å². The Kier molecular flexibility index (Phi) is 4.52. The number of nitrogens with zero attached hydrogens (tertiary/aromatic N) is 1. The number of carbonyl (C=O) groups is 2. The van der Waals surface area contributed by atoms with Gasteiger partial charge in [0, 0.05) is 19.1 Å². The Morgan fingerprint density at radius 2 is 1.90 bits per heavy atom. The second kappa shape index (κ2) is 5.99. The van der Waals surface area contributed by atoms with Crippen molar-refractivity contribution in [2.24, 2.45) is 5.41 Å². The molecule has 2 fully saturated rings. The number of urea groups is 1. The first-order chi connectivity index (χ1) is 9.40. The lowest BCUT2D eigenvalue weighted by atomic mass is 9.82. The van der Waals surface area contributed by atoms with Gasteiger partial charge in [0.05, 0.1) is 11.5 Å². The number of hydrogen-bond donors (Lipinski definition) is 3. The fraction of sp³-hybridized carbons (Fsp3) is 0.857. The second-order valence-electron chi connectivity index (χ2n) is 6.35. The van der Waals surface area contributed by atoms with Crippen molar-refractivity contribution < 1.29 is 19.8 Å². The van der Waals surface area contributed by atoms with E-state index < -0.39 is 11.4 Å². The first kappa shape index (κ1) is 15.1. The highest BCUT2D eigenvalue weighted by Gasteiger charge is 2.39. The summed E-state index contributed by atoms with van der Waals surface area (Å²) in [4.78, 5) is 25.1. The molecule has 0 bridgehead atoms. The van der Waals surface area contributed by atoms with Gasteiger partial charge < -0.3 is 20.4 Å². The maximum absolute atomic E-state index is 12.2. The van der Waals surface area contributed by atoms with Crippen LogP contribution in [0.5, 0.6) is 0 Å². The van der Waals surface area contributed by atoms with Crippen molar-refractivity contribution in [3.8, 4) is 0 Å². The number of likely N-dealkylation sites (tertiary alicyclic amines) is 1. The van der Waals surface area contributed by atoms with Crippen molar-refractivity contribution >= 4 is 12.0 Å². The van der Waals surface area contributed by atoms with Gasteiger partial charge in [-0.15, -0.1) is 0 Å². The van der Waals surface area contributed by atoms with Crippen LogP contribution in [0.1, 0.15) is 45.4 Å². The number of amides is 2. The maximum atomic E-state index is 12.2. The molecule has 114 valence electrons. The fourth-order valence-electron chi connectivity index (χ4n) is 3.07. The zero-order chi connectivity index (χ0) is 14.8. The predicted octanol–water partition coefficient (Wildman–Crippen LogP) is 1.19. The van der Waals surface area contributed by atoms with Crippen molar-refractivity contribution in [3.63, 3.8) is 0 Å². The molecule has 6 heteroatoms. The minimum atomic E-state index is -0.837. The molecule has 1 saturated carbocycles. The number of carboxylic acid groups (broad SMARTS) is 1. The third kappa shape index (κ3) is 3.42. The normalized spacial score (nSPS) is 34.6. The molecule has 1 aliphatic carbocycles. The summed E-state index contributed by atoms with van der Waals surface area (Å²) in [6.45, 7) is 2.58. The Morgan fingerprint density at radius 3 is 2.50 bits per heavy atom. The molecule has 0 spiro atoms. The maximum Gasteiger partial charge on any atom is 0.317 e. The largest absolute Gasteiger partial charge is 0.481 e. The summed E-state index contributed by atoms with van der Waals surface area (Å²) in [6, 6.07) is -0.0672. The molecule has 2 rings (SSSR count). The van der Waals surface area contributed by atoms with Gasteiger partial charge in [-0.3, -0.25) is 4.79 Å². The Labute approximate surface area is 119 Å².